The Bertz CT molecular complexity index is 333. The molecule has 0 aliphatic heterocycles. The van der Waals surface area contributed by atoms with Gasteiger partial charge in [-0.1, -0.05) is 12.1 Å². The summed E-state index contributed by atoms with van der Waals surface area (Å²) in [5, 5.41) is 12.1. The summed E-state index contributed by atoms with van der Waals surface area (Å²) in [6.07, 6.45) is 0. The zero-order chi connectivity index (χ0) is 13.4. The normalized spacial score (nSPS) is 12.7. The number of halogens is 2. The Kier molecular flexibility index (Phi) is 6.56. The molecule has 0 saturated carbocycles. The van der Waals surface area contributed by atoms with E-state index in [-0.39, 0.29) is 18.4 Å². The Morgan fingerprint density at radius 1 is 1.28 bits per heavy atom. The minimum Gasteiger partial charge on any atom is -0.435 e. The van der Waals surface area contributed by atoms with Crippen molar-refractivity contribution < 1.29 is 23.4 Å². The summed E-state index contributed by atoms with van der Waals surface area (Å²) in [5.74, 6) is 0.129. The van der Waals surface area contributed by atoms with Crippen LogP contribution < -0.4 is 10.1 Å². The van der Waals surface area contributed by atoms with E-state index >= 15 is 0 Å². The van der Waals surface area contributed by atoms with Crippen LogP contribution in [0.5, 0.6) is 5.75 Å². The number of aliphatic hydroxyl groups is 1. The van der Waals surface area contributed by atoms with Gasteiger partial charge in [0.05, 0.1) is 19.3 Å². The van der Waals surface area contributed by atoms with Crippen molar-refractivity contribution in [1.29, 1.82) is 0 Å². The van der Waals surface area contributed by atoms with Crippen molar-refractivity contribution in [2.75, 3.05) is 20.3 Å². The van der Waals surface area contributed by atoms with Crippen LogP contribution in [-0.2, 0) is 11.3 Å². The molecule has 18 heavy (non-hydrogen) atoms. The molecule has 1 rings (SSSR count). The second-order valence-corrected chi connectivity index (χ2v) is 3.74. The molecule has 0 bridgehead atoms. The lowest BCUT2D eigenvalue weighted by atomic mass is 10.2. The van der Waals surface area contributed by atoms with Gasteiger partial charge in [-0.05, 0) is 17.7 Å². The largest absolute Gasteiger partial charge is 0.435 e. The summed E-state index contributed by atoms with van der Waals surface area (Å²) in [4.78, 5) is 0. The number of aliphatic hydroxyl groups excluding tert-OH is 1. The average molecular weight is 261 g/mol. The van der Waals surface area contributed by atoms with Gasteiger partial charge in [0.2, 0.25) is 0 Å². The van der Waals surface area contributed by atoms with Crippen LogP contribution >= 0.6 is 0 Å². The fraction of sp³-hybridized carbons (Fsp3) is 0.500. The number of nitrogens with one attached hydrogen (secondary N) is 1. The number of ether oxygens (including phenoxy) is 2. The molecule has 0 aromatic heterocycles. The minimum atomic E-state index is -2.81. The monoisotopic (exact) mass is 261 g/mol. The maximum Gasteiger partial charge on any atom is 0.387 e. The Morgan fingerprint density at radius 3 is 2.44 bits per heavy atom. The van der Waals surface area contributed by atoms with Gasteiger partial charge in [0.1, 0.15) is 5.75 Å². The molecule has 6 heteroatoms. The Morgan fingerprint density at radius 2 is 1.94 bits per heavy atom. The standard InChI is InChI=1S/C12H17F2NO3/c1-17-8-10(7-16)15-6-9-2-4-11(5-3-9)18-12(13)14/h2-5,10,12,15-16H,6-8H2,1H3. The highest BCUT2D eigenvalue weighted by Gasteiger charge is 2.07. The zero-order valence-electron chi connectivity index (χ0n) is 10.1. The van der Waals surface area contributed by atoms with E-state index in [1.54, 1.807) is 19.2 Å². The molecule has 1 aromatic rings. The van der Waals surface area contributed by atoms with Crippen LogP contribution in [0.25, 0.3) is 0 Å². The summed E-state index contributed by atoms with van der Waals surface area (Å²) in [6.45, 7) is -1.91. The highest BCUT2D eigenvalue weighted by molar-refractivity contribution is 5.27. The van der Waals surface area contributed by atoms with Crippen LogP contribution in [0.1, 0.15) is 5.56 Å². The molecule has 4 nitrogen and oxygen atoms in total. The SMILES string of the molecule is COCC(CO)NCc1ccc(OC(F)F)cc1. The topological polar surface area (TPSA) is 50.7 Å². The van der Waals surface area contributed by atoms with E-state index in [9.17, 15) is 8.78 Å². The lowest BCUT2D eigenvalue weighted by molar-refractivity contribution is -0.0498. The number of hydrogen-bond acceptors (Lipinski definition) is 4. The quantitative estimate of drug-likeness (QED) is 0.742. The van der Waals surface area contributed by atoms with Crippen molar-refractivity contribution in [1.82, 2.24) is 5.32 Å². The Hall–Kier alpha value is -1.24. The first-order valence-corrected chi connectivity index (χ1v) is 5.52. The molecule has 2 N–H and O–H groups in total. The predicted molar refractivity (Wildman–Crippen MR) is 62.7 cm³/mol. The van der Waals surface area contributed by atoms with E-state index in [1.807, 2.05) is 0 Å². The van der Waals surface area contributed by atoms with Gasteiger partial charge in [-0.2, -0.15) is 8.78 Å². The van der Waals surface area contributed by atoms with E-state index in [0.717, 1.165) is 5.56 Å². The lowest BCUT2D eigenvalue weighted by Crippen LogP contribution is -2.35. The lowest BCUT2D eigenvalue weighted by Gasteiger charge is -2.15. The molecule has 1 aromatic carbocycles. The molecular weight excluding hydrogens is 244 g/mol. The molecule has 0 spiro atoms. The van der Waals surface area contributed by atoms with Crippen molar-refractivity contribution in [3.8, 4) is 5.75 Å². The summed E-state index contributed by atoms with van der Waals surface area (Å²) in [6, 6.07) is 6.19. The molecule has 0 aliphatic carbocycles. The second kappa shape index (κ2) is 7.97. The van der Waals surface area contributed by atoms with Crippen molar-refractivity contribution in [3.05, 3.63) is 29.8 Å². The van der Waals surface area contributed by atoms with Crippen LogP contribution in [0.15, 0.2) is 24.3 Å². The van der Waals surface area contributed by atoms with Gasteiger partial charge in [0.15, 0.2) is 0 Å². The van der Waals surface area contributed by atoms with Gasteiger partial charge < -0.3 is 19.9 Å². The van der Waals surface area contributed by atoms with E-state index in [0.29, 0.717) is 13.2 Å². The third-order valence-electron chi connectivity index (χ3n) is 2.33. The Labute approximate surface area is 105 Å². The van der Waals surface area contributed by atoms with Crippen molar-refractivity contribution >= 4 is 0 Å². The van der Waals surface area contributed by atoms with Crippen molar-refractivity contribution in [2.24, 2.45) is 0 Å². The molecule has 0 fully saturated rings. The van der Waals surface area contributed by atoms with Gasteiger partial charge in [-0.3, -0.25) is 0 Å². The summed E-state index contributed by atoms with van der Waals surface area (Å²) in [7, 11) is 1.56. The fourth-order valence-electron chi connectivity index (χ4n) is 1.43. The first-order valence-electron chi connectivity index (χ1n) is 5.52. The average Bonchev–Trinajstić information content (AvgIpc) is 2.35. The van der Waals surface area contributed by atoms with E-state index in [1.165, 1.54) is 12.1 Å². The van der Waals surface area contributed by atoms with E-state index in [4.69, 9.17) is 9.84 Å². The summed E-state index contributed by atoms with van der Waals surface area (Å²) in [5.41, 5.74) is 0.908. The van der Waals surface area contributed by atoms with Crippen LogP contribution in [0.2, 0.25) is 0 Å². The number of benzene rings is 1. The van der Waals surface area contributed by atoms with Crippen molar-refractivity contribution in [2.45, 2.75) is 19.2 Å². The van der Waals surface area contributed by atoms with Gasteiger partial charge in [0, 0.05) is 13.7 Å². The minimum absolute atomic E-state index is 0.0274. The first-order chi connectivity index (χ1) is 8.65. The molecular formula is C12H17F2NO3. The highest BCUT2D eigenvalue weighted by Crippen LogP contribution is 2.14. The van der Waals surface area contributed by atoms with Crippen LogP contribution in [0.3, 0.4) is 0 Å². The second-order valence-electron chi connectivity index (χ2n) is 3.74. The Balaban J connectivity index is 2.43. The molecule has 0 saturated heterocycles. The zero-order valence-corrected chi connectivity index (χ0v) is 10.1. The maximum absolute atomic E-state index is 11.9. The molecule has 1 atom stereocenters. The number of rotatable bonds is 8. The first kappa shape index (κ1) is 14.8. The van der Waals surface area contributed by atoms with Crippen molar-refractivity contribution in [3.63, 3.8) is 0 Å². The highest BCUT2D eigenvalue weighted by atomic mass is 19.3. The predicted octanol–water partition coefficient (Wildman–Crippen LogP) is 1.38. The third kappa shape index (κ3) is 5.39. The number of methoxy groups -OCH3 is 1. The van der Waals surface area contributed by atoms with Gasteiger partial charge in [-0.25, -0.2) is 0 Å². The van der Waals surface area contributed by atoms with E-state index in [2.05, 4.69) is 10.1 Å². The molecule has 1 unspecified atom stereocenters. The number of hydrogen-bond donors (Lipinski definition) is 2. The van der Waals surface area contributed by atoms with Gasteiger partial charge in [-0.15, -0.1) is 0 Å². The van der Waals surface area contributed by atoms with Gasteiger partial charge in [0.25, 0.3) is 0 Å². The smallest absolute Gasteiger partial charge is 0.387 e. The van der Waals surface area contributed by atoms with E-state index < -0.39 is 6.61 Å². The summed E-state index contributed by atoms with van der Waals surface area (Å²) < 4.78 is 33.0. The van der Waals surface area contributed by atoms with Crippen LogP contribution in [-0.4, -0.2) is 38.1 Å². The van der Waals surface area contributed by atoms with Crippen LogP contribution in [0.4, 0.5) is 8.78 Å². The molecule has 0 heterocycles. The molecule has 0 radical (unpaired) electrons. The fourth-order valence-corrected chi connectivity index (χ4v) is 1.43. The molecule has 0 aliphatic rings. The summed E-state index contributed by atoms with van der Waals surface area (Å²) >= 11 is 0. The maximum atomic E-state index is 11.9. The molecule has 0 amide bonds. The molecule has 102 valence electrons. The van der Waals surface area contributed by atoms with Gasteiger partial charge >= 0.3 is 6.61 Å². The van der Waals surface area contributed by atoms with Crippen LogP contribution in [0, 0.1) is 0 Å². The third-order valence-corrected chi connectivity index (χ3v) is 2.33. The number of alkyl halides is 2.